The predicted molar refractivity (Wildman–Crippen MR) is 117 cm³/mol. The van der Waals surface area contributed by atoms with E-state index >= 15 is 0 Å². The maximum absolute atomic E-state index is 4.66. The highest BCUT2D eigenvalue weighted by Gasteiger charge is 2.13. The highest BCUT2D eigenvalue weighted by molar-refractivity contribution is 5.66. The zero-order valence-corrected chi connectivity index (χ0v) is 16.6. The van der Waals surface area contributed by atoms with Gasteiger partial charge in [0, 0.05) is 42.8 Å². The van der Waals surface area contributed by atoms with Gasteiger partial charge in [0.25, 0.3) is 0 Å². The Bertz CT molecular complexity index is 902. The van der Waals surface area contributed by atoms with E-state index in [2.05, 4.69) is 68.4 Å². The van der Waals surface area contributed by atoms with Gasteiger partial charge in [-0.3, -0.25) is 0 Å². The summed E-state index contributed by atoms with van der Waals surface area (Å²) in [6.45, 7) is 7.23. The molecule has 0 bridgehead atoms. The predicted octanol–water partition coefficient (Wildman–Crippen LogP) is 5.29. The van der Waals surface area contributed by atoms with Crippen LogP contribution in [-0.4, -0.2) is 29.6 Å². The number of benzene rings is 2. The molecule has 5 heteroatoms. The molecule has 4 rings (SSSR count). The lowest BCUT2D eigenvalue weighted by Crippen LogP contribution is -2.18. The van der Waals surface area contributed by atoms with Crippen molar-refractivity contribution in [2.45, 2.75) is 26.7 Å². The third-order valence-corrected chi connectivity index (χ3v) is 5.10. The fourth-order valence-corrected chi connectivity index (χ4v) is 3.72. The molecule has 2 heterocycles. The minimum atomic E-state index is 0.753. The normalized spacial score (nSPS) is 13.6. The number of para-hydroxylation sites is 1. The van der Waals surface area contributed by atoms with Gasteiger partial charge in [0.05, 0.1) is 0 Å². The van der Waals surface area contributed by atoms with E-state index in [9.17, 15) is 0 Å². The van der Waals surface area contributed by atoms with Gasteiger partial charge in [-0.1, -0.05) is 18.2 Å². The molecule has 0 aliphatic carbocycles. The Kier molecular flexibility index (Phi) is 5.42. The SMILES string of the molecule is CCN(c1ccccc1)c1cc(Nc2ccc(N3CCCC3)cc2)nc(C)n1. The van der Waals surface area contributed by atoms with Crippen molar-refractivity contribution in [1.29, 1.82) is 0 Å². The van der Waals surface area contributed by atoms with Gasteiger partial charge >= 0.3 is 0 Å². The summed E-state index contributed by atoms with van der Waals surface area (Å²) < 4.78 is 0. The molecule has 0 spiro atoms. The van der Waals surface area contributed by atoms with Crippen molar-refractivity contribution in [1.82, 2.24) is 9.97 Å². The number of hydrogen-bond donors (Lipinski definition) is 1. The van der Waals surface area contributed by atoms with E-state index < -0.39 is 0 Å². The first-order chi connectivity index (χ1) is 13.7. The third kappa shape index (κ3) is 4.09. The summed E-state index contributed by atoms with van der Waals surface area (Å²) >= 11 is 0. The molecule has 1 saturated heterocycles. The molecule has 5 nitrogen and oxygen atoms in total. The van der Waals surface area contributed by atoms with E-state index in [1.165, 1.54) is 18.5 Å². The molecule has 2 aromatic carbocycles. The van der Waals surface area contributed by atoms with Gasteiger partial charge in [-0.05, 0) is 63.1 Å². The molecule has 28 heavy (non-hydrogen) atoms. The fourth-order valence-electron chi connectivity index (χ4n) is 3.72. The number of aryl methyl sites for hydroxylation is 1. The fraction of sp³-hybridized carbons (Fsp3) is 0.304. The highest BCUT2D eigenvalue weighted by atomic mass is 15.2. The van der Waals surface area contributed by atoms with Crippen LogP contribution in [0.15, 0.2) is 60.7 Å². The Morgan fingerprint density at radius 3 is 2.36 bits per heavy atom. The lowest BCUT2D eigenvalue weighted by molar-refractivity contribution is 0.949. The molecular weight excluding hydrogens is 346 g/mol. The number of anilines is 5. The minimum Gasteiger partial charge on any atom is -0.372 e. The summed E-state index contributed by atoms with van der Waals surface area (Å²) in [6.07, 6.45) is 2.58. The summed E-state index contributed by atoms with van der Waals surface area (Å²) in [5.41, 5.74) is 3.46. The number of aromatic nitrogens is 2. The average Bonchev–Trinajstić information content (AvgIpc) is 3.24. The zero-order chi connectivity index (χ0) is 19.3. The van der Waals surface area contributed by atoms with Crippen molar-refractivity contribution in [3.63, 3.8) is 0 Å². The van der Waals surface area contributed by atoms with Crippen LogP contribution in [0.3, 0.4) is 0 Å². The Morgan fingerprint density at radius 1 is 0.964 bits per heavy atom. The molecule has 0 amide bonds. The smallest absolute Gasteiger partial charge is 0.138 e. The number of nitrogens with zero attached hydrogens (tertiary/aromatic N) is 4. The molecule has 0 atom stereocenters. The lowest BCUT2D eigenvalue weighted by atomic mass is 10.2. The molecule has 1 aromatic heterocycles. The monoisotopic (exact) mass is 373 g/mol. The van der Waals surface area contributed by atoms with E-state index in [-0.39, 0.29) is 0 Å². The molecule has 1 aliphatic heterocycles. The molecule has 1 fully saturated rings. The Hall–Kier alpha value is -3.08. The summed E-state index contributed by atoms with van der Waals surface area (Å²) in [6, 6.07) is 21.0. The summed E-state index contributed by atoms with van der Waals surface area (Å²) in [7, 11) is 0. The minimum absolute atomic E-state index is 0.753. The van der Waals surface area contributed by atoms with Crippen LogP contribution in [0.2, 0.25) is 0 Å². The van der Waals surface area contributed by atoms with Crippen LogP contribution in [0.5, 0.6) is 0 Å². The van der Waals surface area contributed by atoms with Crippen LogP contribution >= 0.6 is 0 Å². The first-order valence-electron chi connectivity index (χ1n) is 10.0. The van der Waals surface area contributed by atoms with E-state index in [0.29, 0.717) is 0 Å². The zero-order valence-electron chi connectivity index (χ0n) is 16.6. The Morgan fingerprint density at radius 2 is 1.68 bits per heavy atom. The van der Waals surface area contributed by atoms with E-state index in [4.69, 9.17) is 0 Å². The third-order valence-electron chi connectivity index (χ3n) is 5.10. The summed E-state index contributed by atoms with van der Waals surface area (Å²) in [5, 5.41) is 3.44. The van der Waals surface area contributed by atoms with Crippen molar-refractivity contribution in [2.24, 2.45) is 0 Å². The molecule has 0 saturated carbocycles. The van der Waals surface area contributed by atoms with Crippen molar-refractivity contribution < 1.29 is 0 Å². The van der Waals surface area contributed by atoms with Crippen LogP contribution in [-0.2, 0) is 0 Å². The van der Waals surface area contributed by atoms with Crippen LogP contribution in [0.25, 0.3) is 0 Å². The number of rotatable bonds is 6. The quantitative estimate of drug-likeness (QED) is 0.636. The van der Waals surface area contributed by atoms with Gasteiger partial charge in [0.1, 0.15) is 17.5 Å². The van der Waals surface area contributed by atoms with Gasteiger partial charge < -0.3 is 15.1 Å². The average molecular weight is 374 g/mol. The van der Waals surface area contributed by atoms with Gasteiger partial charge in [-0.15, -0.1) is 0 Å². The van der Waals surface area contributed by atoms with Gasteiger partial charge in [0.15, 0.2) is 0 Å². The van der Waals surface area contributed by atoms with Gasteiger partial charge in [0.2, 0.25) is 0 Å². The van der Waals surface area contributed by atoms with Crippen LogP contribution in [0.1, 0.15) is 25.6 Å². The molecular formula is C23H27N5. The second-order valence-corrected chi connectivity index (χ2v) is 7.10. The van der Waals surface area contributed by atoms with Crippen LogP contribution in [0, 0.1) is 6.92 Å². The van der Waals surface area contributed by atoms with E-state index in [0.717, 1.165) is 48.5 Å². The maximum Gasteiger partial charge on any atom is 0.138 e. The topological polar surface area (TPSA) is 44.3 Å². The standard InChI is InChI=1S/C23H27N5/c1-3-28(21-9-5-4-6-10-21)23-17-22(24-18(2)25-23)26-19-11-13-20(14-12-19)27-15-7-8-16-27/h4-6,9-14,17H,3,7-8,15-16H2,1-2H3,(H,24,25,26). The lowest BCUT2D eigenvalue weighted by Gasteiger charge is -2.23. The first kappa shape index (κ1) is 18.3. The number of hydrogen-bond acceptors (Lipinski definition) is 5. The highest BCUT2D eigenvalue weighted by Crippen LogP contribution is 2.27. The molecule has 0 radical (unpaired) electrons. The number of nitrogens with one attached hydrogen (secondary N) is 1. The summed E-state index contributed by atoms with van der Waals surface area (Å²) in [5.74, 6) is 2.46. The van der Waals surface area contributed by atoms with Crippen molar-refractivity contribution >= 4 is 28.7 Å². The van der Waals surface area contributed by atoms with Crippen LogP contribution < -0.4 is 15.1 Å². The molecule has 3 aromatic rings. The Labute approximate surface area is 167 Å². The molecule has 1 aliphatic rings. The second-order valence-electron chi connectivity index (χ2n) is 7.10. The Balaban J connectivity index is 1.55. The van der Waals surface area contributed by atoms with E-state index in [1.807, 2.05) is 31.2 Å². The van der Waals surface area contributed by atoms with Crippen molar-refractivity contribution in [3.05, 3.63) is 66.5 Å². The van der Waals surface area contributed by atoms with Crippen molar-refractivity contribution in [2.75, 3.05) is 34.8 Å². The molecule has 0 unspecified atom stereocenters. The van der Waals surface area contributed by atoms with Gasteiger partial charge in [-0.25, -0.2) is 9.97 Å². The summed E-state index contributed by atoms with van der Waals surface area (Å²) in [4.78, 5) is 13.9. The van der Waals surface area contributed by atoms with Crippen molar-refractivity contribution in [3.8, 4) is 0 Å². The van der Waals surface area contributed by atoms with E-state index in [1.54, 1.807) is 0 Å². The molecule has 144 valence electrons. The largest absolute Gasteiger partial charge is 0.372 e. The van der Waals surface area contributed by atoms with Crippen LogP contribution in [0.4, 0.5) is 28.7 Å². The maximum atomic E-state index is 4.66. The molecule has 1 N–H and O–H groups in total. The first-order valence-corrected chi connectivity index (χ1v) is 10.0. The van der Waals surface area contributed by atoms with Gasteiger partial charge in [-0.2, -0.15) is 0 Å². The second kappa shape index (κ2) is 8.30.